The summed E-state index contributed by atoms with van der Waals surface area (Å²) in [5.74, 6) is 4.24. The van der Waals surface area contributed by atoms with Gasteiger partial charge >= 0.3 is 5.97 Å². The zero-order chi connectivity index (χ0) is 10.4. The van der Waals surface area contributed by atoms with Crippen molar-refractivity contribution in [2.75, 3.05) is 0 Å². The average Bonchev–Trinajstić information content (AvgIpc) is 2.19. The van der Waals surface area contributed by atoms with Crippen molar-refractivity contribution >= 4 is 5.97 Å². The number of hydrogen-bond donors (Lipinski definition) is 3. The molecular formula is C9H13N3O2. The van der Waals surface area contributed by atoms with E-state index in [2.05, 4.69) is 4.84 Å². The second-order valence-electron chi connectivity index (χ2n) is 2.84. The van der Waals surface area contributed by atoms with E-state index < -0.39 is 12.0 Å². The van der Waals surface area contributed by atoms with Crippen LogP contribution in [0, 0.1) is 0 Å². The SMILES string of the molecule is NNOC(=O)C(N)Cc1ccccc1. The molecule has 1 rings (SSSR count). The van der Waals surface area contributed by atoms with Gasteiger partial charge in [0.25, 0.3) is 0 Å². The molecule has 0 heterocycles. The molecule has 0 saturated carbocycles. The summed E-state index contributed by atoms with van der Waals surface area (Å²) in [4.78, 5) is 15.4. The number of nitrogens with one attached hydrogen (secondary N) is 1. The van der Waals surface area contributed by atoms with Crippen LogP contribution >= 0.6 is 0 Å². The molecule has 0 saturated heterocycles. The Morgan fingerprint density at radius 3 is 2.64 bits per heavy atom. The van der Waals surface area contributed by atoms with E-state index in [1.54, 1.807) is 5.59 Å². The van der Waals surface area contributed by atoms with E-state index in [4.69, 9.17) is 11.6 Å². The van der Waals surface area contributed by atoms with Crippen molar-refractivity contribution in [3.63, 3.8) is 0 Å². The smallest absolute Gasteiger partial charge is 0.343 e. The Morgan fingerprint density at radius 1 is 1.43 bits per heavy atom. The molecule has 76 valence electrons. The predicted octanol–water partition coefficient (Wildman–Crippen LogP) is -0.522. The number of rotatable bonds is 4. The Kier molecular flexibility index (Phi) is 4.06. The Hall–Kier alpha value is -1.43. The molecule has 0 radical (unpaired) electrons. The summed E-state index contributed by atoms with van der Waals surface area (Å²) in [5, 5.41) is 0. The van der Waals surface area contributed by atoms with E-state index in [0.29, 0.717) is 6.42 Å². The van der Waals surface area contributed by atoms with Gasteiger partial charge in [-0.15, -0.1) is 0 Å². The number of carbonyl (C=O) groups excluding carboxylic acids is 1. The molecule has 5 nitrogen and oxygen atoms in total. The molecule has 0 bridgehead atoms. The number of benzene rings is 1. The third-order valence-electron chi connectivity index (χ3n) is 1.76. The number of nitrogens with two attached hydrogens (primary N) is 2. The third kappa shape index (κ3) is 3.14. The van der Waals surface area contributed by atoms with Crippen LogP contribution in [0.15, 0.2) is 30.3 Å². The van der Waals surface area contributed by atoms with Crippen molar-refractivity contribution in [3.8, 4) is 0 Å². The maximum Gasteiger partial charge on any atom is 0.343 e. The maximum atomic E-state index is 11.1. The Morgan fingerprint density at radius 2 is 2.07 bits per heavy atom. The van der Waals surface area contributed by atoms with E-state index in [9.17, 15) is 4.79 Å². The monoisotopic (exact) mass is 195 g/mol. The Balaban J connectivity index is 2.49. The molecule has 0 aliphatic carbocycles. The van der Waals surface area contributed by atoms with Gasteiger partial charge in [-0.2, -0.15) is 0 Å². The minimum absolute atomic E-state index is 0.432. The lowest BCUT2D eigenvalue weighted by molar-refractivity contribution is -0.152. The fourth-order valence-corrected chi connectivity index (χ4v) is 1.09. The van der Waals surface area contributed by atoms with E-state index in [1.165, 1.54) is 0 Å². The summed E-state index contributed by atoms with van der Waals surface area (Å²) in [6.45, 7) is 0. The molecule has 0 fully saturated rings. The van der Waals surface area contributed by atoms with Crippen molar-refractivity contribution in [2.45, 2.75) is 12.5 Å². The summed E-state index contributed by atoms with van der Waals surface area (Å²) in [7, 11) is 0. The second kappa shape index (κ2) is 5.33. The summed E-state index contributed by atoms with van der Waals surface area (Å²) >= 11 is 0. The van der Waals surface area contributed by atoms with Gasteiger partial charge in [0, 0.05) is 0 Å². The zero-order valence-electron chi connectivity index (χ0n) is 7.64. The summed E-state index contributed by atoms with van der Waals surface area (Å²) in [6, 6.07) is 8.75. The molecular weight excluding hydrogens is 182 g/mol. The number of hydrazine groups is 1. The lowest BCUT2D eigenvalue weighted by Gasteiger charge is -2.09. The molecule has 1 unspecified atom stereocenters. The highest BCUT2D eigenvalue weighted by atomic mass is 16.7. The molecule has 0 amide bonds. The second-order valence-corrected chi connectivity index (χ2v) is 2.84. The molecule has 0 aliphatic heterocycles. The summed E-state index contributed by atoms with van der Waals surface area (Å²) in [5.41, 5.74) is 8.35. The highest BCUT2D eigenvalue weighted by Gasteiger charge is 2.15. The largest absolute Gasteiger partial charge is 0.354 e. The first-order chi connectivity index (χ1) is 6.74. The van der Waals surface area contributed by atoms with Crippen LogP contribution < -0.4 is 17.2 Å². The van der Waals surface area contributed by atoms with Crippen LogP contribution in [-0.4, -0.2) is 12.0 Å². The third-order valence-corrected chi connectivity index (χ3v) is 1.76. The van der Waals surface area contributed by atoms with Gasteiger partial charge in [-0.25, -0.2) is 10.6 Å². The summed E-state index contributed by atoms with van der Waals surface area (Å²) in [6.07, 6.45) is 0.432. The van der Waals surface area contributed by atoms with Crippen LogP contribution in [-0.2, 0) is 16.1 Å². The maximum absolute atomic E-state index is 11.1. The van der Waals surface area contributed by atoms with Crippen LogP contribution in [0.25, 0.3) is 0 Å². The van der Waals surface area contributed by atoms with Crippen LogP contribution in [0.4, 0.5) is 0 Å². The molecule has 0 aliphatic rings. The van der Waals surface area contributed by atoms with Crippen molar-refractivity contribution in [3.05, 3.63) is 35.9 Å². The number of hydrogen-bond acceptors (Lipinski definition) is 5. The van der Waals surface area contributed by atoms with Crippen molar-refractivity contribution < 1.29 is 9.63 Å². The zero-order valence-corrected chi connectivity index (χ0v) is 7.64. The highest BCUT2D eigenvalue weighted by molar-refractivity contribution is 5.75. The van der Waals surface area contributed by atoms with E-state index in [-0.39, 0.29) is 0 Å². The molecule has 1 atom stereocenters. The van der Waals surface area contributed by atoms with Gasteiger partial charge in [-0.05, 0) is 12.0 Å². The highest BCUT2D eigenvalue weighted by Crippen LogP contribution is 2.02. The van der Waals surface area contributed by atoms with Crippen molar-refractivity contribution in [1.82, 2.24) is 5.59 Å². The molecule has 14 heavy (non-hydrogen) atoms. The Labute approximate surface area is 82.0 Å². The minimum atomic E-state index is -0.701. The lowest BCUT2D eigenvalue weighted by Crippen LogP contribution is -2.39. The fourth-order valence-electron chi connectivity index (χ4n) is 1.09. The number of carbonyl (C=O) groups is 1. The van der Waals surface area contributed by atoms with Crippen molar-refractivity contribution in [2.24, 2.45) is 11.6 Å². The topological polar surface area (TPSA) is 90.4 Å². The van der Waals surface area contributed by atoms with Gasteiger partial charge in [-0.1, -0.05) is 35.9 Å². The van der Waals surface area contributed by atoms with Crippen LogP contribution in [0.5, 0.6) is 0 Å². The first-order valence-corrected chi connectivity index (χ1v) is 4.20. The van der Waals surface area contributed by atoms with Gasteiger partial charge in [0.2, 0.25) is 0 Å². The standard InChI is InChI=1S/C9H13N3O2/c10-8(9(13)14-12-11)6-7-4-2-1-3-5-7/h1-5,8,12H,6,10-11H2. The quantitative estimate of drug-likeness (QED) is 0.444. The van der Waals surface area contributed by atoms with Gasteiger partial charge in [0.05, 0.1) is 0 Å². The molecule has 5 heteroatoms. The van der Waals surface area contributed by atoms with Crippen molar-refractivity contribution in [1.29, 1.82) is 0 Å². The predicted molar refractivity (Wildman–Crippen MR) is 51.5 cm³/mol. The van der Waals surface area contributed by atoms with E-state index in [0.717, 1.165) is 5.56 Å². The average molecular weight is 195 g/mol. The van der Waals surface area contributed by atoms with Crippen LogP contribution in [0.1, 0.15) is 5.56 Å². The lowest BCUT2D eigenvalue weighted by atomic mass is 10.1. The molecule has 0 aromatic heterocycles. The molecule has 5 N–H and O–H groups in total. The van der Waals surface area contributed by atoms with Gasteiger partial charge in [-0.3, -0.25) is 0 Å². The van der Waals surface area contributed by atoms with Crippen LogP contribution in [0.2, 0.25) is 0 Å². The molecule has 1 aromatic rings. The fraction of sp³-hybridized carbons (Fsp3) is 0.222. The molecule has 1 aromatic carbocycles. The first kappa shape index (κ1) is 10.6. The van der Waals surface area contributed by atoms with E-state index in [1.807, 2.05) is 30.3 Å². The van der Waals surface area contributed by atoms with Crippen LogP contribution in [0.3, 0.4) is 0 Å². The molecule has 0 spiro atoms. The van der Waals surface area contributed by atoms with Gasteiger partial charge in [0.15, 0.2) is 0 Å². The minimum Gasteiger partial charge on any atom is -0.354 e. The van der Waals surface area contributed by atoms with E-state index >= 15 is 0 Å². The van der Waals surface area contributed by atoms with Gasteiger partial charge in [0.1, 0.15) is 6.04 Å². The first-order valence-electron chi connectivity index (χ1n) is 4.20. The normalized spacial score (nSPS) is 12.1. The Bertz CT molecular complexity index is 289. The van der Waals surface area contributed by atoms with Gasteiger partial charge < -0.3 is 10.6 Å². The summed E-state index contributed by atoms with van der Waals surface area (Å²) < 4.78 is 0.